The Kier molecular flexibility index (Phi) is 6.40. The minimum absolute atomic E-state index is 0.152. The van der Waals surface area contributed by atoms with Gasteiger partial charge in [0.05, 0.1) is 22.8 Å². The number of ether oxygens (including phenoxy) is 1. The lowest BCUT2D eigenvalue weighted by molar-refractivity contribution is -0.119. The molecule has 0 spiro atoms. The number of carbonyl (C=O) groups excluding carboxylic acids is 2. The number of para-hydroxylation sites is 1. The van der Waals surface area contributed by atoms with Crippen molar-refractivity contribution in [1.29, 1.82) is 0 Å². The number of nitrogens with zero attached hydrogens (tertiary/aromatic N) is 3. The first-order valence-electron chi connectivity index (χ1n) is 8.88. The van der Waals surface area contributed by atoms with Crippen LogP contribution in [0.4, 0.5) is 10.8 Å². The molecule has 0 fully saturated rings. The Bertz CT molecular complexity index is 1030. The molecule has 1 amide bonds. The second-order valence-electron chi connectivity index (χ2n) is 6.12. The number of anilines is 2. The molecule has 1 aromatic carbocycles. The summed E-state index contributed by atoms with van der Waals surface area (Å²) in [5.74, 6) is -1.10. The maximum atomic E-state index is 12.3. The average Bonchev–Trinajstić information content (AvgIpc) is 3.31. The molecule has 29 heavy (non-hydrogen) atoms. The van der Waals surface area contributed by atoms with Crippen LogP contribution in [-0.2, 0) is 9.53 Å². The summed E-state index contributed by atoms with van der Waals surface area (Å²) in [6.45, 7) is 7.40. The van der Waals surface area contributed by atoms with Gasteiger partial charge < -0.3 is 15.4 Å². The van der Waals surface area contributed by atoms with Crippen LogP contribution in [0.2, 0.25) is 0 Å². The third-order valence-corrected chi connectivity index (χ3v) is 4.80. The van der Waals surface area contributed by atoms with Crippen LogP contribution in [0.1, 0.15) is 21.9 Å². The predicted octanol–water partition coefficient (Wildman–Crippen LogP) is 3.34. The van der Waals surface area contributed by atoms with E-state index in [1.54, 1.807) is 23.1 Å². The summed E-state index contributed by atoms with van der Waals surface area (Å²) in [5, 5.41) is 12.4. The molecule has 3 aromatic rings. The Morgan fingerprint density at radius 2 is 2.03 bits per heavy atom. The highest BCUT2D eigenvalue weighted by Gasteiger charge is 2.18. The molecule has 0 saturated heterocycles. The van der Waals surface area contributed by atoms with Gasteiger partial charge in [-0.15, -0.1) is 17.9 Å². The molecule has 3 rings (SSSR count). The summed E-state index contributed by atoms with van der Waals surface area (Å²) in [6, 6.07) is 9.62. The zero-order valence-electron chi connectivity index (χ0n) is 16.1. The van der Waals surface area contributed by atoms with Gasteiger partial charge in [0.15, 0.2) is 17.4 Å². The summed E-state index contributed by atoms with van der Waals surface area (Å²) in [7, 11) is 0. The van der Waals surface area contributed by atoms with Crippen molar-refractivity contribution in [2.24, 2.45) is 0 Å². The molecule has 0 aliphatic carbocycles. The maximum absolute atomic E-state index is 12.3. The van der Waals surface area contributed by atoms with E-state index in [-0.39, 0.29) is 5.69 Å². The van der Waals surface area contributed by atoms with Gasteiger partial charge in [-0.25, -0.2) is 14.5 Å². The fraction of sp³-hybridized carbons (Fsp3) is 0.200. The molecule has 2 heterocycles. The number of thiazole rings is 1. The minimum Gasteiger partial charge on any atom is -0.451 e. The number of carbonyl (C=O) groups is 2. The summed E-state index contributed by atoms with van der Waals surface area (Å²) in [5.41, 5.74) is 3.09. The molecular weight excluding hydrogens is 390 g/mol. The maximum Gasteiger partial charge on any atom is 0.358 e. The van der Waals surface area contributed by atoms with Crippen molar-refractivity contribution in [3.05, 3.63) is 65.4 Å². The highest BCUT2D eigenvalue weighted by atomic mass is 32.1. The molecule has 0 aliphatic rings. The zero-order chi connectivity index (χ0) is 20.8. The van der Waals surface area contributed by atoms with Gasteiger partial charge in [0.1, 0.15) is 0 Å². The van der Waals surface area contributed by atoms with Crippen LogP contribution in [0.5, 0.6) is 0 Å². The van der Waals surface area contributed by atoms with Gasteiger partial charge in [-0.05, 0) is 26.0 Å². The first kappa shape index (κ1) is 20.3. The topological polar surface area (TPSA) is 98.1 Å². The van der Waals surface area contributed by atoms with E-state index >= 15 is 0 Å². The number of hydrogen-bond donors (Lipinski definition) is 2. The highest BCUT2D eigenvalue weighted by molar-refractivity contribution is 7.13. The molecule has 150 valence electrons. The van der Waals surface area contributed by atoms with E-state index in [2.05, 4.69) is 27.3 Å². The number of esters is 1. The van der Waals surface area contributed by atoms with E-state index in [0.717, 1.165) is 11.4 Å². The van der Waals surface area contributed by atoms with E-state index in [9.17, 15) is 9.59 Å². The summed E-state index contributed by atoms with van der Waals surface area (Å²) in [4.78, 5) is 28.5. The van der Waals surface area contributed by atoms with Crippen molar-refractivity contribution < 1.29 is 14.3 Å². The molecule has 2 N–H and O–H groups in total. The van der Waals surface area contributed by atoms with E-state index in [0.29, 0.717) is 23.1 Å². The van der Waals surface area contributed by atoms with Crippen LogP contribution in [0.3, 0.4) is 0 Å². The lowest BCUT2D eigenvalue weighted by Gasteiger charge is -2.07. The van der Waals surface area contributed by atoms with Gasteiger partial charge in [0, 0.05) is 11.9 Å². The standard InChI is InChI=1S/C20H21N5O3S/c1-4-10-21-20-22-16(12-29-20)19(27)28-11-17(26)23-18-13(2)24-25(14(18)3)15-8-6-5-7-9-15/h4-9,12H,1,10-11H2,2-3H3,(H,21,22)(H,23,26). The molecule has 0 bridgehead atoms. The normalized spacial score (nSPS) is 10.4. The molecule has 0 atom stereocenters. The van der Waals surface area contributed by atoms with Crippen LogP contribution in [0.15, 0.2) is 48.4 Å². The Hall–Kier alpha value is -3.46. The van der Waals surface area contributed by atoms with Gasteiger partial charge >= 0.3 is 5.97 Å². The Morgan fingerprint density at radius 1 is 1.28 bits per heavy atom. The SMILES string of the molecule is C=CCNc1nc(C(=O)OCC(=O)Nc2c(C)nn(-c3ccccc3)c2C)cs1. The molecule has 0 unspecified atom stereocenters. The molecule has 0 aliphatic heterocycles. The van der Waals surface area contributed by atoms with Gasteiger partial charge in [0.25, 0.3) is 5.91 Å². The van der Waals surface area contributed by atoms with Crippen molar-refractivity contribution in [1.82, 2.24) is 14.8 Å². The van der Waals surface area contributed by atoms with E-state index in [1.165, 1.54) is 11.3 Å². The lowest BCUT2D eigenvalue weighted by Crippen LogP contribution is -2.21. The van der Waals surface area contributed by atoms with Crippen LogP contribution in [0, 0.1) is 13.8 Å². The summed E-state index contributed by atoms with van der Waals surface area (Å²) < 4.78 is 6.82. The van der Waals surface area contributed by atoms with Crippen LogP contribution in [0.25, 0.3) is 5.69 Å². The van der Waals surface area contributed by atoms with Crippen LogP contribution >= 0.6 is 11.3 Å². The zero-order valence-corrected chi connectivity index (χ0v) is 17.0. The molecule has 0 radical (unpaired) electrons. The third kappa shape index (κ3) is 4.88. The average molecular weight is 411 g/mol. The Morgan fingerprint density at radius 3 is 2.76 bits per heavy atom. The van der Waals surface area contributed by atoms with Crippen LogP contribution < -0.4 is 10.6 Å². The van der Waals surface area contributed by atoms with Crippen molar-refractivity contribution in [3.63, 3.8) is 0 Å². The van der Waals surface area contributed by atoms with Crippen molar-refractivity contribution in [2.75, 3.05) is 23.8 Å². The van der Waals surface area contributed by atoms with E-state index in [4.69, 9.17) is 4.74 Å². The van der Waals surface area contributed by atoms with Gasteiger partial charge in [0.2, 0.25) is 0 Å². The Labute approximate surface area is 172 Å². The van der Waals surface area contributed by atoms with Crippen LogP contribution in [-0.4, -0.2) is 39.8 Å². The molecule has 0 saturated carbocycles. The fourth-order valence-electron chi connectivity index (χ4n) is 2.63. The van der Waals surface area contributed by atoms with E-state index in [1.807, 2.05) is 37.3 Å². The first-order valence-corrected chi connectivity index (χ1v) is 9.76. The van der Waals surface area contributed by atoms with E-state index < -0.39 is 18.5 Å². The summed E-state index contributed by atoms with van der Waals surface area (Å²) >= 11 is 1.28. The smallest absolute Gasteiger partial charge is 0.358 e. The fourth-order valence-corrected chi connectivity index (χ4v) is 3.32. The highest BCUT2D eigenvalue weighted by Crippen LogP contribution is 2.22. The quantitative estimate of drug-likeness (QED) is 0.436. The number of aryl methyl sites for hydroxylation is 1. The molecule has 2 aromatic heterocycles. The number of amides is 1. The van der Waals surface area contributed by atoms with Crippen molar-refractivity contribution in [2.45, 2.75) is 13.8 Å². The summed E-state index contributed by atoms with van der Waals surface area (Å²) in [6.07, 6.45) is 1.69. The molecule has 9 heteroatoms. The monoisotopic (exact) mass is 411 g/mol. The largest absolute Gasteiger partial charge is 0.451 e. The van der Waals surface area contributed by atoms with Crippen molar-refractivity contribution >= 4 is 34.0 Å². The third-order valence-electron chi connectivity index (χ3n) is 4.00. The second kappa shape index (κ2) is 9.16. The Balaban J connectivity index is 1.60. The van der Waals surface area contributed by atoms with Crippen molar-refractivity contribution in [3.8, 4) is 5.69 Å². The molecule has 8 nitrogen and oxygen atoms in total. The number of hydrogen-bond acceptors (Lipinski definition) is 7. The number of nitrogens with one attached hydrogen (secondary N) is 2. The van der Waals surface area contributed by atoms with Gasteiger partial charge in [-0.3, -0.25) is 4.79 Å². The molecular formula is C20H21N5O3S. The predicted molar refractivity (Wildman–Crippen MR) is 113 cm³/mol. The van der Waals surface area contributed by atoms with Gasteiger partial charge in [-0.1, -0.05) is 24.3 Å². The second-order valence-corrected chi connectivity index (χ2v) is 6.98. The lowest BCUT2D eigenvalue weighted by atomic mass is 10.3. The van der Waals surface area contributed by atoms with Gasteiger partial charge in [-0.2, -0.15) is 5.10 Å². The first-order chi connectivity index (χ1) is 14.0. The number of benzene rings is 1. The number of aromatic nitrogens is 3. The minimum atomic E-state index is -0.656. The number of rotatable bonds is 8.